The summed E-state index contributed by atoms with van der Waals surface area (Å²) >= 11 is 0. The van der Waals surface area contributed by atoms with Crippen LogP contribution in [-0.2, 0) is 26.5 Å². The van der Waals surface area contributed by atoms with Crippen LogP contribution in [0.15, 0.2) is 29.2 Å². The fraction of sp³-hybridized carbons (Fsp3) is 0.833. The average molecular weight is 696 g/mol. The van der Waals surface area contributed by atoms with Crippen molar-refractivity contribution < 1.29 is 68.2 Å². The molecule has 5 nitrogen and oxygen atoms in total. The van der Waals surface area contributed by atoms with Crippen molar-refractivity contribution >= 4 is 20.0 Å². The molecule has 0 saturated carbocycles. The second-order valence-corrected chi connectivity index (χ2v) is 15.1. The standard InChI is InChI=1S/C14H30.C12H18NO4S2.C4H10.6CH4.K/c1-4-5-6-7-8-9-10-11-12-13-14(2)3;1-10(2)4-5-11-6-8-12(9-7-11)19(16,17)13-18(3,14)15;1-4(2)3;;;;;;;/h14H,4-13H2,1-3H3;6-10H,4-5H2,1-3H3;4H,1-3H3;6*1H4;/q;-1;;;;;;;;+1. The number of hydrogen-bond acceptors (Lipinski definition) is 4. The first-order valence-electron chi connectivity index (χ1n) is 14.4. The summed E-state index contributed by atoms with van der Waals surface area (Å²) < 4.78 is 48.1. The second kappa shape index (κ2) is 39.9. The summed E-state index contributed by atoms with van der Waals surface area (Å²) in [6, 6.07) is 6.15. The van der Waals surface area contributed by atoms with E-state index in [0.29, 0.717) is 5.92 Å². The summed E-state index contributed by atoms with van der Waals surface area (Å²) in [7, 11) is -8.05. The van der Waals surface area contributed by atoms with E-state index in [9.17, 15) is 16.8 Å². The Kier molecular flexibility index (Phi) is 60.7. The van der Waals surface area contributed by atoms with Gasteiger partial charge in [0, 0.05) is 11.2 Å². The van der Waals surface area contributed by atoms with E-state index in [2.05, 4.69) is 59.5 Å². The molecule has 0 atom stereocenters. The Bertz CT molecular complexity index is 865. The van der Waals surface area contributed by atoms with Crippen LogP contribution in [0.2, 0.25) is 0 Å². The molecule has 268 valence electrons. The molecule has 0 aliphatic rings. The SMILES string of the molecule is C.C.C.C.C.C.CC(C)C.CC(C)CCc1ccc(S(=O)(=O)[N-]S(C)(=O)=O)cc1.CCCCCCCCCCCC(C)C.[K+]. The van der Waals surface area contributed by atoms with Crippen LogP contribution in [-0.4, -0.2) is 23.1 Å². The summed E-state index contributed by atoms with van der Waals surface area (Å²) in [6.45, 7) is 17.7. The number of sulfonamides is 2. The van der Waals surface area contributed by atoms with Crippen molar-refractivity contribution in [1.29, 1.82) is 0 Å². The van der Waals surface area contributed by atoms with Crippen LogP contribution in [0.1, 0.15) is 176 Å². The summed E-state index contributed by atoms with van der Waals surface area (Å²) in [5.41, 5.74) is 1.02. The fourth-order valence-electron chi connectivity index (χ4n) is 3.37. The molecule has 0 unspecified atom stereocenters. The molecule has 0 bridgehead atoms. The molecule has 1 aromatic rings. The zero-order chi connectivity index (χ0) is 28.9. The van der Waals surface area contributed by atoms with Crippen LogP contribution in [0.4, 0.5) is 0 Å². The van der Waals surface area contributed by atoms with Crippen LogP contribution in [0.25, 0.3) is 4.13 Å². The van der Waals surface area contributed by atoms with Gasteiger partial charge >= 0.3 is 51.4 Å². The molecule has 0 aromatic heterocycles. The Morgan fingerprint density at radius 1 is 0.591 bits per heavy atom. The molecule has 8 heteroatoms. The van der Waals surface area contributed by atoms with Gasteiger partial charge in [0.05, 0.1) is 10.0 Å². The molecule has 1 aromatic carbocycles. The fourth-order valence-corrected chi connectivity index (χ4v) is 5.62. The molecule has 0 fully saturated rings. The van der Waals surface area contributed by atoms with Crippen molar-refractivity contribution in [3.05, 3.63) is 34.0 Å². The van der Waals surface area contributed by atoms with Gasteiger partial charge < -0.3 is 4.13 Å². The Morgan fingerprint density at radius 3 is 1.25 bits per heavy atom. The van der Waals surface area contributed by atoms with E-state index >= 15 is 0 Å². The molecule has 1 rings (SSSR count). The van der Waals surface area contributed by atoms with Gasteiger partial charge in [0.25, 0.3) is 0 Å². The maximum absolute atomic E-state index is 11.7. The van der Waals surface area contributed by atoms with Crippen LogP contribution in [0.5, 0.6) is 0 Å². The number of hydrogen-bond donors (Lipinski definition) is 0. The van der Waals surface area contributed by atoms with Crippen molar-refractivity contribution in [3.8, 4) is 0 Å². The predicted octanol–water partition coefficient (Wildman–Crippen LogP) is 10.3. The summed E-state index contributed by atoms with van der Waals surface area (Å²) in [6.07, 6.45) is 17.1. The normalized spacial score (nSPS) is 9.91. The first-order chi connectivity index (χ1) is 17.1. The summed E-state index contributed by atoms with van der Waals surface area (Å²) in [5.74, 6) is 2.31. The Balaban J connectivity index is -0.0000000634. The Labute approximate surface area is 324 Å². The van der Waals surface area contributed by atoms with E-state index in [1.165, 1.54) is 76.3 Å². The molecule has 0 spiro atoms. The van der Waals surface area contributed by atoms with Crippen LogP contribution in [0.3, 0.4) is 0 Å². The average Bonchev–Trinajstić information content (AvgIpc) is 2.75. The molecular formula is C36H82KNO4S2. The van der Waals surface area contributed by atoms with Crippen LogP contribution < -0.4 is 51.4 Å². The Hall–Kier alpha value is 0.716. The minimum absolute atomic E-state index is 0. The maximum Gasteiger partial charge on any atom is 1.00 e. The number of aryl methyl sites for hydroxylation is 1. The summed E-state index contributed by atoms with van der Waals surface area (Å²) in [4.78, 5) is -0.105. The van der Waals surface area contributed by atoms with Gasteiger partial charge in [-0.2, -0.15) is 0 Å². The van der Waals surface area contributed by atoms with Gasteiger partial charge in [0.2, 0.25) is 0 Å². The van der Waals surface area contributed by atoms with Gasteiger partial charge in [-0.1, -0.05) is 176 Å². The first-order valence-corrected chi connectivity index (χ1v) is 17.7. The van der Waals surface area contributed by atoms with E-state index in [0.717, 1.165) is 36.5 Å². The van der Waals surface area contributed by atoms with E-state index in [-0.39, 0.29) is 101 Å². The second-order valence-electron chi connectivity index (χ2n) is 11.6. The third kappa shape index (κ3) is 49.6. The third-order valence-corrected chi connectivity index (χ3v) is 8.09. The number of benzene rings is 1. The zero-order valence-corrected chi connectivity index (χ0v) is 31.2. The number of unbranched alkanes of at least 4 members (excludes halogenated alkanes) is 8. The van der Waals surface area contributed by atoms with E-state index in [1.54, 1.807) is 12.1 Å². The van der Waals surface area contributed by atoms with Crippen molar-refractivity contribution in [1.82, 2.24) is 0 Å². The topological polar surface area (TPSA) is 82.4 Å². The summed E-state index contributed by atoms with van der Waals surface area (Å²) in [5, 5.41) is 0. The molecule has 44 heavy (non-hydrogen) atoms. The van der Waals surface area contributed by atoms with Gasteiger partial charge in [-0.25, -0.2) is 16.8 Å². The number of nitrogens with zero attached hydrogens (tertiary/aromatic N) is 1. The van der Waals surface area contributed by atoms with Gasteiger partial charge in [-0.15, -0.1) is 0 Å². The minimum atomic E-state index is -4.13. The molecule has 0 aliphatic heterocycles. The monoisotopic (exact) mass is 696 g/mol. The van der Waals surface area contributed by atoms with Gasteiger partial charge in [0.15, 0.2) is 0 Å². The van der Waals surface area contributed by atoms with Crippen molar-refractivity contribution in [2.75, 3.05) is 6.26 Å². The molecule has 0 saturated heterocycles. The van der Waals surface area contributed by atoms with E-state index in [4.69, 9.17) is 0 Å². The molecule has 0 heterocycles. The third-order valence-electron chi connectivity index (χ3n) is 5.35. The molecule has 0 radical (unpaired) electrons. The van der Waals surface area contributed by atoms with E-state index < -0.39 is 20.0 Å². The molecule has 0 N–H and O–H groups in total. The molecular weight excluding hydrogens is 614 g/mol. The van der Waals surface area contributed by atoms with Gasteiger partial charge in [0.1, 0.15) is 10.0 Å². The smallest absolute Gasteiger partial charge is 0.432 e. The quantitative estimate of drug-likeness (QED) is 0.127. The van der Waals surface area contributed by atoms with Gasteiger partial charge in [-0.05, 0) is 48.3 Å². The maximum atomic E-state index is 11.7. The van der Waals surface area contributed by atoms with Crippen molar-refractivity contribution in [3.63, 3.8) is 0 Å². The van der Waals surface area contributed by atoms with Crippen LogP contribution >= 0.6 is 0 Å². The predicted molar refractivity (Wildman–Crippen MR) is 203 cm³/mol. The van der Waals surface area contributed by atoms with Crippen molar-refractivity contribution in [2.24, 2.45) is 17.8 Å². The molecule has 0 aliphatic carbocycles. The number of rotatable bonds is 16. The van der Waals surface area contributed by atoms with E-state index in [1.807, 2.05) is 0 Å². The first kappa shape index (κ1) is 67.0. The zero-order valence-electron chi connectivity index (χ0n) is 26.4. The van der Waals surface area contributed by atoms with Crippen LogP contribution in [0, 0.1) is 17.8 Å². The largest absolute Gasteiger partial charge is 1.00 e. The minimum Gasteiger partial charge on any atom is -0.432 e. The molecule has 0 amide bonds. The Morgan fingerprint density at radius 2 is 0.932 bits per heavy atom. The van der Waals surface area contributed by atoms with Crippen molar-refractivity contribution in [2.45, 2.75) is 182 Å². The van der Waals surface area contributed by atoms with Gasteiger partial charge in [-0.3, -0.25) is 0 Å².